The number of nitrogens with one attached hydrogen (secondary N) is 1. The van der Waals surface area contributed by atoms with Crippen LogP contribution in [0.4, 0.5) is 5.69 Å². The van der Waals surface area contributed by atoms with Crippen molar-refractivity contribution >= 4 is 29.3 Å². The fraction of sp³-hybridized carbons (Fsp3) is 0.158. The van der Waals surface area contributed by atoms with Crippen molar-refractivity contribution in [2.45, 2.75) is 19.4 Å². The lowest BCUT2D eigenvalue weighted by Gasteiger charge is -2.06. The largest absolute Gasteiger partial charge is 0.490 e. The smallest absolute Gasteiger partial charge is 0.266 e. The number of fused-ring (bicyclic) bond motifs is 1. The molecule has 1 amide bonds. The minimum atomic E-state index is -0.490. The molecule has 4 nitrogen and oxygen atoms in total. The van der Waals surface area contributed by atoms with Crippen molar-refractivity contribution in [3.05, 3.63) is 64.2 Å². The van der Waals surface area contributed by atoms with E-state index >= 15 is 0 Å². The van der Waals surface area contributed by atoms with Crippen molar-refractivity contribution in [2.75, 3.05) is 5.32 Å². The first-order chi connectivity index (χ1) is 11.6. The van der Waals surface area contributed by atoms with E-state index in [2.05, 4.69) is 5.32 Å². The molecule has 1 heterocycles. The molecule has 2 aromatic rings. The van der Waals surface area contributed by atoms with Gasteiger partial charge in [-0.05, 0) is 48.4 Å². The van der Waals surface area contributed by atoms with Crippen molar-refractivity contribution in [2.24, 2.45) is 0 Å². The monoisotopic (exact) mass is 338 g/mol. The highest BCUT2D eigenvalue weighted by Gasteiger charge is 2.19. The minimum absolute atomic E-state index is 0.0156. The quantitative estimate of drug-likeness (QED) is 0.673. The van der Waals surface area contributed by atoms with Gasteiger partial charge in [-0.15, -0.1) is 0 Å². The maximum Gasteiger partial charge on any atom is 0.266 e. The van der Waals surface area contributed by atoms with Crippen LogP contribution >= 0.6 is 11.6 Å². The van der Waals surface area contributed by atoms with Gasteiger partial charge in [-0.3, -0.25) is 4.79 Å². The number of carbonyl (C=O) groups is 1. The van der Waals surface area contributed by atoms with Crippen LogP contribution < -0.4 is 10.1 Å². The van der Waals surface area contributed by atoms with Crippen LogP contribution in [0.5, 0.6) is 5.75 Å². The van der Waals surface area contributed by atoms with Crippen LogP contribution in [0.3, 0.4) is 0 Å². The SMILES string of the molecule is C[C@H]1Cc2cc(/C=C(\C#N)C(=O)Nc3ccccc3Cl)ccc2O1. The lowest BCUT2D eigenvalue weighted by Crippen LogP contribution is -2.13. The Morgan fingerprint density at radius 2 is 2.17 bits per heavy atom. The van der Waals surface area contributed by atoms with Crippen LogP contribution in [0.15, 0.2) is 48.0 Å². The number of carbonyl (C=O) groups excluding carboxylic acids is 1. The number of halogens is 1. The molecule has 120 valence electrons. The zero-order chi connectivity index (χ0) is 17.1. The standard InChI is InChI=1S/C19H15ClN2O2/c1-12-8-14-9-13(6-7-18(14)24-12)10-15(11-21)19(23)22-17-5-3-2-4-16(17)20/h2-7,9-10,12H,8H2,1H3,(H,22,23)/b15-10+/t12-/m0/s1. The van der Waals surface area contributed by atoms with Gasteiger partial charge in [0.15, 0.2) is 0 Å². The van der Waals surface area contributed by atoms with E-state index < -0.39 is 5.91 Å². The topological polar surface area (TPSA) is 62.1 Å². The van der Waals surface area contributed by atoms with Gasteiger partial charge in [-0.25, -0.2) is 0 Å². The molecule has 0 saturated heterocycles. The van der Waals surface area contributed by atoms with Crippen molar-refractivity contribution in [3.63, 3.8) is 0 Å². The second-order valence-corrected chi connectivity index (χ2v) is 6.01. The zero-order valence-electron chi connectivity index (χ0n) is 13.0. The van der Waals surface area contributed by atoms with Crippen molar-refractivity contribution < 1.29 is 9.53 Å². The number of para-hydroxylation sites is 1. The first-order valence-electron chi connectivity index (χ1n) is 7.54. The lowest BCUT2D eigenvalue weighted by atomic mass is 10.0. The van der Waals surface area contributed by atoms with E-state index in [9.17, 15) is 10.1 Å². The molecule has 0 fully saturated rings. The highest BCUT2D eigenvalue weighted by molar-refractivity contribution is 6.34. The number of benzene rings is 2. The van der Waals surface area contributed by atoms with Crippen molar-refractivity contribution in [3.8, 4) is 11.8 Å². The van der Waals surface area contributed by atoms with Gasteiger partial charge in [-0.1, -0.05) is 29.8 Å². The van der Waals surface area contributed by atoms with E-state index in [1.807, 2.05) is 31.2 Å². The molecule has 0 unspecified atom stereocenters. The van der Waals surface area contributed by atoms with Gasteiger partial charge in [-0.2, -0.15) is 5.26 Å². The molecule has 5 heteroatoms. The van der Waals surface area contributed by atoms with Crippen LogP contribution in [0.25, 0.3) is 6.08 Å². The predicted octanol–water partition coefficient (Wildman–Crippen LogP) is 4.21. The fourth-order valence-electron chi connectivity index (χ4n) is 2.60. The molecule has 2 aromatic carbocycles. The van der Waals surface area contributed by atoms with Gasteiger partial charge in [0.1, 0.15) is 23.5 Å². The van der Waals surface area contributed by atoms with E-state index in [-0.39, 0.29) is 11.7 Å². The van der Waals surface area contributed by atoms with Gasteiger partial charge in [0.25, 0.3) is 5.91 Å². The number of nitriles is 1. The summed E-state index contributed by atoms with van der Waals surface area (Å²) >= 11 is 6.02. The van der Waals surface area contributed by atoms with E-state index in [1.165, 1.54) is 0 Å². The second kappa shape index (κ2) is 6.77. The maximum atomic E-state index is 12.3. The number of nitrogens with zero attached hydrogens (tertiary/aromatic N) is 1. The second-order valence-electron chi connectivity index (χ2n) is 5.60. The van der Waals surface area contributed by atoms with Gasteiger partial charge in [0.05, 0.1) is 10.7 Å². The van der Waals surface area contributed by atoms with Crippen molar-refractivity contribution in [1.82, 2.24) is 0 Å². The maximum absolute atomic E-state index is 12.3. The number of hydrogen-bond acceptors (Lipinski definition) is 3. The molecule has 0 radical (unpaired) electrons. The molecule has 1 aliphatic rings. The van der Waals surface area contributed by atoms with Crippen LogP contribution in [0, 0.1) is 11.3 Å². The molecule has 0 aromatic heterocycles. The number of rotatable bonds is 3. The Hall–Kier alpha value is -2.77. The van der Waals surface area contributed by atoms with Crippen LogP contribution in [0.2, 0.25) is 5.02 Å². The molecule has 3 rings (SSSR count). The molecule has 24 heavy (non-hydrogen) atoms. The highest BCUT2D eigenvalue weighted by atomic mass is 35.5. The van der Waals surface area contributed by atoms with Crippen LogP contribution in [-0.2, 0) is 11.2 Å². The van der Waals surface area contributed by atoms with Gasteiger partial charge < -0.3 is 10.1 Å². The summed E-state index contributed by atoms with van der Waals surface area (Å²) in [5, 5.41) is 12.4. The number of hydrogen-bond donors (Lipinski definition) is 1. The summed E-state index contributed by atoms with van der Waals surface area (Å²) in [6, 6.07) is 14.5. The van der Waals surface area contributed by atoms with Crippen LogP contribution in [0.1, 0.15) is 18.1 Å². The molecule has 1 atom stereocenters. The molecule has 0 aliphatic carbocycles. The molecule has 0 saturated carbocycles. The van der Waals surface area contributed by atoms with Crippen LogP contribution in [-0.4, -0.2) is 12.0 Å². The Morgan fingerprint density at radius 1 is 1.38 bits per heavy atom. The Labute approximate surface area is 145 Å². The predicted molar refractivity (Wildman–Crippen MR) is 93.9 cm³/mol. The number of anilines is 1. The summed E-state index contributed by atoms with van der Waals surface area (Å²) in [5.74, 6) is 0.370. The summed E-state index contributed by atoms with van der Waals surface area (Å²) in [7, 11) is 0. The first-order valence-corrected chi connectivity index (χ1v) is 7.92. The normalized spacial score (nSPS) is 16.0. The third-order valence-corrected chi connectivity index (χ3v) is 4.05. The molecule has 0 bridgehead atoms. The summed E-state index contributed by atoms with van der Waals surface area (Å²) in [6.45, 7) is 2.01. The summed E-state index contributed by atoms with van der Waals surface area (Å²) in [5.41, 5.74) is 2.36. The number of ether oxygens (including phenoxy) is 1. The van der Waals surface area contributed by atoms with Crippen molar-refractivity contribution in [1.29, 1.82) is 5.26 Å². The molecule has 1 N–H and O–H groups in total. The minimum Gasteiger partial charge on any atom is -0.490 e. The third-order valence-electron chi connectivity index (χ3n) is 3.72. The molecule has 1 aliphatic heterocycles. The Morgan fingerprint density at radius 3 is 2.92 bits per heavy atom. The molecule has 0 spiro atoms. The summed E-state index contributed by atoms with van der Waals surface area (Å²) < 4.78 is 5.65. The van der Waals surface area contributed by atoms with E-state index in [0.29, 0.717) is 10.7 Å². The zero-order valence-corrected chi connectivity index (χ0v) is 13.8. The lowest BCUT2D eigenvalue weighted by molar-refractivity contribution is -0.112. The van der Waals surface area contributed by atoms with Gasteiger partial charge >= 0.3 is 0 Å². The number of amides is 1. The average Bonchev–Trinajstić information content (AvgIpc) is 2.94. The molecular formula is C19H15ClN2O2. The summed E-state index contributed by atoms with van der Waals surface area (Å²) in [4.78, 5) is 12.3. The fourth-order valence-corrected chi connectivity index (χ4v) is 2.78. The third kappa shape index (κ3) is 3.42. The van der Waals surface area contributed by atoms with E-state index in [1.54, 1.807) is 30.3 Å². The van der Waals surface area contributed by atoms with E-state index in [4.69, 9.17) is 16.3 Å². The Bertz CT molecular complexity index is 868. The molecular weight excluding hydrogens is 324 g/mol. The van der Waals surface area contributed by atoms with Gasteiger partial charge in [0, 0.05) is 6.42 Å². The summed E-state index contributed by atoms with van der Waals surface area (Å²) in [6.07, 6.45) is 2.54. The highest BCUT2D eigenvalue weighted by Crippen LogP contribution is 2.30. The van der Waals surface area contributed by atoms with Gasteiger partial charge in [0.2, 0.25) is 0 Å². The average molecular weight is 339 g/mol. The first kappa shape index (κ1) is 16.1. The van der Waals surface area contributed by atoms with E-state index in [0.717, 1.165) is 23.3 Å². The Balaban J connectivity index is 1.83. The Kier molecular flexibility index (Phi) is 4.54.